The molecular formula is C23H21N3O2. The number of nitrogens with zero attached hydrogens (tertiary/aromatic N) is 3. The van der Waals surface area contributed by atoms with E-state index in [9.17, 15) is 4.79 Å². The Morgan fingerprint density at radius 3 is 2.71 bits per heavy atom. The number of aromatic nitrogens is 2. The molecule has 5 nitrogen and oxygen atoms in total. The summed E-state index contributed by atoms with van der Waals surface area (Å²) in [5, 5.41) is 1.07. The lowest BCUT2D eigenvalue weighted by Crippen LogP contribution is -2.38. The molecule has 5 heteroatoms. The van der Waals surface area contributed by atoms with Gasteiger partial charge < -0.3 is 9.32 Å². The highest BCUT2D eigenvalue weighted by molar-refractivity contribution is 5.87. The molecule has 4 aromatic rings. The highest BCUT2D eigenvalue weighted by Crippen LogP contribution is 2.30. The Morgan fingerprint density at radius 1 is 1.04 bits per heavy atom. The summed E-state index contributed by atoms with van der Waals surface area (Å²) in [7, 11) is 0. The molecule has 1 amide bonds. The van der Waals surface area contributed by atoms with E-state index in [2.05, 4.69) is 9.97 Å². The largest absolute Gasteiger partial charge is 0.440 e. The minimum atomic E-state index is 0.161. The van der Waals surface area contributed by atoms with Crippen molar-refractivity contribution < 1.29 is 9.21 Å². The van der Waals surface area contributed by atoms with Crippen LogP contribution in [0.4, 0.5) is 0 Å². The summed E-state index contributed by atoms with van der Waals surface area (Å²) in [5.41, 5.74) is 3.64. The Hall–Kier alpha value is -3.21. The van der Waals surface area contributed by atoms with Crippen LogP contribution in [0.2, 0.25) is 0 Å². The Morgan fingerprint density at radius 2 is 1.86 bits per heavy atom. The van der Waals surface area contributed by atoms with Gasteiger partial charge in [-0.15, -0.1) is 0 Å². The molecule has 0 bridgehead atoms. The zero-order valence-electron chi connectivity index (χ0n) is 15.5. The van der Waals surface area contributed by atoms with Crippen molar-refractivity contribution in [1.29, 1.82) is 0 Å². The first-order valence-corrected chi connectivity index (χ1v) is 9.74. The quantitative estimate of drug-likeness (QED) is 0.538. The summed E-state index contributed by atoms with van der Waals surface area (Å²) in [6, 6.07) is 17.8. The number of likely N-dealkylation sites (tertiary alicyclic amines) is 1. The second-order valence-electron chi connectivity index (χ2n) is 7.34. The number of carbonyl (C=O) groups excluding carboxylic acids is 1. The van der Waals surface area contributed by atoms with E-state index in [1.807, 2.05) is 59.5 Å². The van der Waals surface area contributed by atoms with E-state index in [0.717, 1.165) is 59.4 Å². The van der Waals surface area contributed by atoms with Crippen LogP contribution in [0.15, 0.2) is 65.2 Å². The molecule has 0 radical (unpaired) electrons. The average Bonchev–Trinajstić information content (AvgIpc) is 3.18. The van der Waals surface area contributed by atoms with Gasteiger partial charge in [0.2, 0.25) is 5.91 Å². The van der Waals surface area contributed by atoms with Crippen LogP contribution in [0.1, 0.15) is 30.2 Å². The van der Waals surface area contributed by atoms with E-state index in [1.165, 1.54) is 0 Å². The van der Waals surface area contributed by atoms with Crippen molar-refractivity contribution in [2.75, 3.05) is 13.1 Å². The molecule has 3 heterocycles. The number of benzene rings is 2. The second-order valence-corrected chi connectivity index (χ2v) is 7.34. The van der Waals surface area contributed by atoms with Crippen LogP contribution in [0.3, 0.4) is 0 Å². The fourth-order valence-corrected chi connectivity index (χ4v) is 4.03. The van der Waals surface area contributed by atoms with Gasteiger partial charge in [-0.2, -0.15) is 0 Å². The smallest absolute Gasteiger partial charge is 0.227 e. The SMILES string of the molecule is O=C(Cc1cccc2cccnc12)N1CCC(c2nc3ccccc3o2)CC1. The van der Waals surface area contributed by atoms with Gasteiger partial charge in [-0.05, 0) is 36.6 Å². The van der Waals surface area contributed by atoms with Crippen LogP contribution in [0, 0.1) is 0 Å². The summed E-state index contributed by atoms with van der Waals surface area (Å²) in [6.07, 6.45) is 3.93. The van der Waals surface area contributed by atoms with Gasteiger partial charge in [0.15, 0.2) is 11.5 Å². The lowest BCUT2D eigenvalue weighted by molar-refractivity contribution is -0.131. The maximum atomic E-state index is 12.9. The number of para-hydroxylation sites is 3. The Labute approximate surface area is 163 Å². The van der Waals surface area contributed by atoms with Crippen LogP contribution in [0.25, 0.3) is 22.0 Å². The molecule has 0 spiro atoms. The minimum absolute atomic E-state index is 0.161. The number of piperidine rings is 1. The fraction of sp³-hybridized carbons (Fsp3) is 0.261. The Kier molecular flexibility index (Phi) is 4.28. The number of oxazole rings is 1. The average molecular weight is 371 g/mol. The molecule has 0 unspecified atom stereocenters. The standard InChI is InChI=1S/C23H21N3O2/c27-21(15-18-6-3-5-16-7-4-12-24-22(16)18)26-13-10-17(11-14-26)23-25-19-8-1-2-9-20(19)28-23/h1-9,12,17H,10-11,13-15H2. The first-order chi connectivity index (χ1) is 13.8. The van der Waals surface area contributed by atoms with Crippen molar-refractivity contribution in [3.8, 4) is 0 Å². The Balaban J connectivity index is 1.26. The molecule has 1 saturated heterocycles. The van der Waals surface area contributed by atoms with Crippen LogP contribution in [-0.4, -0.2) is 33.9 Å². The maximum Gasteiger partial charge on any atom is 0.227 e. The minimum Gasteiger partial charge on any atom is -0.440 e. The number of amides is 1. The third kappa shape index (κ3) is 3.13. The maximum absolute atomic E-state index is 12.9. The molecular weight excluding hydrogens is 350 g/mol. The predicted octanol–water partition coefficient (Wildman–Crippen LogP) is 4.32. The van der Waals surface area contributed by atoms with Gasteiger partial charge in [-0.1, -0.05) is 36.4 Å². The number of hydrogen-bond donors (Lipinski definition) is 0. The molecule has 1 aliphatic rings. The third-order valence-corrected chi connectivity index (χ3v) is 5.57. The summed E-state index contributed by atoms with van der Waals surface area (Å²) in [6.45, 7) is 1.47. The van der Waals surface area contributed by atoms with E-state index < -0.39 is 0 Å². The van der Waals surface area contributed by atoms with Crippen molar-refractivity contribution in [1.82, 2.24) is 14.9 Å². The van der Waals surface area contributed by atoms with Crippen molar-refractivity contribution >= 4 is 27.9 Å². The van der Waals surface area contributed by atoms with Crippen LogP contribution < -0.4 is 0 Å². The van der Waals surface area contributed by atoms with E-state index in [4.69, 9.17) is 4.42 Å². The summed E-state index contributed by atoms with van der Waals surface area (Å²) in [4.78, 5) is 23.9. The van der Waals surface area contributed by atoms with E-state index >= 15 is 0 Å². The zero-order valence-corrected chi connectivity index (χ0v) is 15.5. The van der Waals surface area contributed by atoms with E-state index in [1.54, 1.807) is 6.20 Å². The molecule has 0 saturated carbocycles. The van der Waals surface area contributed by atoms with E-state index in [-0.39, 0.29) is 11.8 Å². The third-order valence-electron chi connectivity index (χ3n) is 5.57. The Bertz CT molecular complexity index is 1100. The number of carbonyl (C=O) groups is 1. The zero-order chi connectivity index (χ0) is 18.9. The van der Waals surface area contributed by atoms with Crippen LogP contribution in [-0.2, 0) is 11.2 Å². The van der Waals surface area contributed by atoms with Crippen LogP contribution in [0.5, 0.6) is 0 Å². The first-order valence-electron chi connectivity index (χ1n) is 9.74. The van der Waals surface area contributed by atoms with Crippen LogP contribution >= 0.6 is 0 Å². The van der Waals surface area contributed by atoms with Crippen molar-refractivity contribution in [3.63, 3.8) is 0 Å². The molecule has 0 aliphatic carbocycles. The molecule has 1 aliphatic heterocycles. The summed E-state index contributed by atoms with van der Waals surface area (Å²) < 4.78 is 5.92. The lowest BCUT2D eigenvalue weighted by Gasteiger charge is -2.30. The monoisotopic (exact) mass is 371 g/mol. The van der Waals surface area contributed by atoms with Gasteiger partial charge in [0.25, 0.3) is 0 Å². The van der Waals surface area contributed by atoms with Gasteiger partial charge in [0.1, 0.15) is 5.52 Å². The van der Waals surface area contributed by atoms with Gasteiger partial charge in [-0.3, -0.25) is 9.78 Å². The predicted molar refractivity (Wildman–Crippen MR) is 108 cm³/mol. The normalized spacial score (nSPS) is 15.4. The van der Waals surface area contributed by atoms with Crippen molar-refractivity contribution in [3.05, 3.63) is 72.2 Å². The second kappa shape index (κ2) is 7.08. The highest BCUT2D eigenvalue weighted by atomic mass is 16.3. The number of rotatable bonds is 3. The molecule has 140 valence electrons. The molecule has 0 N–H and O–H groups in total. The molecule has 28 heavy (non-hydrogen) atoms. The van der Waals surface area contributed by atoms with Gasteiger partial charge in [0, 0.05) is 30.6 Å². The summed E-state index contributed by atoms with van der Waals surface area (Å²) in [5.74, 6) is 1.23. The molecule has 2 aromatic heterocycles. The topological polar surface area (TPSA) is 59.2 Å². The molecule has 5 rings (SSSR count). The first kappa shape index (κ1) is 16.9. The highest BCUT2D eigenvalue weighted by Gasteiger charge is 2.27. The molecule has 2 aromatic carbocycles. The molecule has 0 atom stereocenters. The van der Waals surface area contributed by atoms with Gasteiger partial charge in [0.05, 0.1) is 11.9 Å². The van der Waals surface area contributed by atoms with Crippen molar-refractivity contribution in [2.24, 2.45) is 0 Å². The number of fused-ring (bicyclic) bond motifs is 2. The number of hydrogen-bond acceptors (Lipinski definition) is 4. The fourth-order valence-electron chi connectivity index (χ4n) is 4.03. The lowest BCUT2D eigenvalue weighted by atomic mass is 9.96. The van der Waals surface area contributed by atoms with E-state index in [0.29, 0.717) is 6.42 Å². The van der Waals surface area contributed by atoms with Crippen molar-refractivity contribution in [2.45, 2.75) is 25.2 Å². The number of pyridine rings is 1. The van der Waals surface area contributed by atoms with Gasteiger partial charge >= 0.3 is 0 Å². The summed E-state index contributed by atoms with van der Waals surface area (Å²) >= 11 is 0. The van der Waals surface area contributed by atoms with Gasteiger partial charge in [-0.25, -0.2) is 4.98 Å². The molecule has 1 fully saturated rings.